The molecule has 122 valence electrons. The fraction of sp³-hybridized carbons (Fsp3) is 0.625. The molecule has 2 fully saturated rings. The summed E-state index contributed by atoms with van der Waals surface area (Å²) in [5.74, 6) is 0.165. The molecule has 0 spiro atoms. The lowest BCUT2D eigenvalue weighted by molar-refractivity contribution is -0.0526. The van der Waals surface area contributed by atoms with Gasteiger partial charge in [-0.05, 0) is 39.3 Å². The van der Waals surface area contributed by atoms with Crippen LogP contribution in [0.5, 0.6) is 0 Å². The minimum absolute atomic E-state index is 0.0558. The molecule has 6 heteroatoms. The van der Waals surface area contributed by atoms with Crippen molar-refractivity contribution in [1.29, 1.82) is 0 Å². The summed E-state index contributed by atoms with van der Waals surface area (Å²) >= 11 is 0. The number of rotatable bonds is 3. The lowest BCUT2D eigenvalue weighted by Crippen LogP contribution is -2.43. The van der Waals surface area contributed by atoms with Crippen LogP contribution in [0.15, 0.2) is 29.2 Å². The van der Waals surface area contributed by atoms with Gasteiger partial charge in [0.1, 0.15) is 0 Å². The third kappa shape index (κ3) is 2.38. The molecule has 1 aromatic carbocycles. The maximum absolute atomic E-state index is 13.0. The number of fused-ring (bicyclic) bond motifs is 1. The van der Waals surface area contributed by atoms with Crippen molar-refractivity contribution < 1.29 is 13.3 Å². The van der Waals surface area contributed by atoms with Crippen LogP contribution in [0, 0.1) is 12.8 Å². The van der Waals surface area contributed by atoms with Crippen LogP contribution < -0.4 is 5.48 Å². The Morgan fingerprint density at radius 3 is 2.55 bits per heavy atom. The lowest BCUT2D eigenvalue weighted by Gasteiger charge is -2.27. The van der Waals surface area contributed by atoms with Gasteiger partial charge in [0.15, 0.2) is 0 Å². The summed E-state index contributed by atoms with van der Waals surface area (Å²) in [4.78, 5) is 6.02. The van der Waals surface area contributed by atoms with Crippen LogP contribution >= 0.6 is 0 Å². The summed E-state index contributed by atoms with van der Waals surface area (Å²) in [5.41, 5.74) is 3.77. The molecule has 22 heavy (non-hydrogen) atoms. The van der Waals surface area contributed by atoms with Gasteiger partial charge in [0, 0.05) is 18.5 Å². The Morgan fingerprint density at radius 1 is 1.32 bits per heavy atom. The van der Waals surface area contributed by atoms with Gasteiger partial charge in [-0.2, -0.15) is 9.79 Å². The van der Waals surface area contributed by atoms with E-state index in [1.54, 1.807) is 16.4 Å². The third-order valence-corrected chi connectivity index (χ3v) is 6.90. The fourth-order valence-electron chi connectivity index (χ4n) is 3.58. The van der Waals surface area contributed by atoms with E-state index in [0.29, 0.717) is 11.4 Å². The quantitative estimate of drug-likeness (QED) is 0.925. The van der Waals surface area contributed by atoms with Crippen LogP contribution in [0.1, 0.15) is 32.8 Å². The van der Waals surface area contributed by atoms with E-state index in [2.05, 4.69) is 5.48 Å². The first-order chi connectivity index (χ1) is 10.3. The Kier molecular flexibility index (Phi) is 3.84. The van der Waals surface area contributed by atoms with Gasteiger partial charge in [-0.15, -0.1) is 0 Å². The van der Waals surface area contributed by atoms with E-state index in [0.717, 1.165) is 12.0 Å². The van der Waals surface area contributed by atoms with Gasteiger partial charge in [-0.1, -0.05) is 24.6 Å². The number of nitrogens with one attached hydrogen (secondary N) is 1. The molecular weight excluding hydrogens is 300 g/mol. The highest BCUT2D eigenvalue weighted by molar-refractivity contribution is 7.89. The van der Waals surface area contributed by atoms with Gasteiger partial charge in [-0.25, -0.2) is 8.42 Å². The zero-order valence-electron chi connectivity index (χ0n) is 13.5. The van der Waals surface area contributed by atoms with Crippen molar-refractivity contribution in [3.8, 4) is 0 Å². The summed E-state index contributed by atoms with van der Waals surface area (Å²) in [6, 6.07) is 7.06. The van der Waals surface area contributed by atoms with E-state index in [1.165, 1.54) is 0 Å². The zero-order chi connectivity index (χ0) is 16.1. The first kappa shape index (κ1) is 15.9. The maximum atomic E-state index is 13.0. The second-order valence-corrected chi connectivity index (χ2v) is 8.71. The molecule has 2 saturated heterocycles. The van der Waals surface area contributed by atoms with Crippen molar-refractivity contribution >= 4 is 10.0 Å². The minimum Gasteiger partial charge on any atom is -0.295 e. The molecule has 3 rings (SSSR count). The van der Waals surface area contributed by atoms with Gasteiger partial charge in [0.2, 0.25) is 10.0 Å². The molecule has 0 aromatic heterocycles. The summed E-state index contributed by atoms with van der Waals surface area (Å²) < 4.78 is 27.7. The summed E-state index contributed by atoms with van der Waals surface area (Å²) in [6.07, 6.45) is 0.763. The lowest BCUT2D eigenvalue weighted by atomic mass is 9.86. The van der Waals surface area contributed by atoms with Crippen LogP contribution in [0.4, 0.5) is 0 Å². The second-order valence-electron chi connectivity index (χ2n) is 6.82. The van der Waals surface area contributed by atoms with E-state index < -0.39 is 10.0 Å². The van der Waals surface area contributed by atoms with E-state index >= 15 is 0 Å². The topological polar surface area (TPSA) is 58.6 Å². The highest BCUT2D eigenvalue weighted by Gasteiger charge is 2.56. The van der Waals surface area contributed by atoms with E-state index in [4.69, 9.17) is 4.84 Å². The molecule has 0 aliphatic carbocycles. The summed E-state index contributed by atoms with van der Waals surface area (Å²) in [6.45, 7) is 8.51. The Bertz CT molecular complexity index is 654. The number of hydrogen-bond donors (Lipinski definition) is 1. The normalized spacial score (nSPS) is 31.4. The molecule has 0 saturated carbocycles. The van der Waals surface area contributed by atoms with Crippen molar-refractivity contribution in [2.75, 3.05) is 6.54 Å². The molecule has 0 bridgehead atoms. The Hall–Kier alpha value is -0.950. The number of nitrogens with zero attached hydrogens (tertiary/aromatic N) is 1. The van der Waals surface area contributed by atoms with Crippen molar-refractivity contribution in [2.45, 2.75) is 56.7 Å². The van der Waals surface area contributed by atoms with Crippen LogP contribution in [0.25, 0.3) is 0 Å². The molecule has 2 aliphatic heterocycles. The zero-order valence-corrected chi connectivity index (χ0v) is 14.4. The second kappa shape index (κ2) is 5.30. The van der Waals surface area contributed by atoms with Gasteiger partial charge < -0.3 is 0 Å². The monoisotopic (exact) mass is 324 g/mol. The van der Waals surface area contributed by atoms with Crippen LogP contribution in [0.2, 0.25) is 0 Å². The fourth-order valence-corrected chi connectivity index (χ4v) is 5.32. The van der Waals surface area contributed by atoms with Crippen LogP contribution in [0.3, 0.4) is 0 Å². The van der Waals surface area contributed by atoms with Gasteiger partial charge >= 0.3 is 0 Å². The molecule has 1 N–H and O–H groups in total. The average Bonchev–Trinajstić information content (AvgIpc) is 2.98. The van der Waals surface area contributed by atoms with E-state index in [1.807, 2.05) is 39.8 Å². The number of aryl methyl sites for hydroxylation is 1. The molecule has 2 aliphatic rings. The molecular formula is C16H24N2O3S. The minimum atomic E-state index is -3.47. The molecule has 0 amide bonds. The van der Waals surface area contributed by atoms with Crippen LogP contribution in [-0.2, 0) is 14.9 Å². The number of hydroxylamine groups is 1. The van der Waals surface area contributed by atoms with Crippen LogP contribution in [-0.4, -0.2) is 37.0 Å². The Morgan fingerprint density at radius 2 is 1.95 bits per heavy atom. The number of benzene rings is 1. The number of hydrogen-bond acceptors (Lipinski definition) is 4. The van der Waals surface area contributed by atoms with Crippen molar-refractivity contribution in [3.05, 3.63) is 29.8 Å². The first-order valence-corrected chi connectivity index (χ1v) is 9.23. The Balaban J connectivity index is 1.95. The van der Waals surface area contributed by atoms with E-state index in [9.17, 15) is 8.42 Å². The first-order valence-electron chi connectivity index (χ1n) is 7.79. The summed E-state index contributed by atoms with van der Waals surface area (Å²) in [7, 11) is -3.47. The highest BCUT2D eigenvalue weighted by Crippen LogP contribution is 2.41. The predicted molar refractivity (Wildman–Crippen MR) is 84.7 cm³/mol. The van der Waals surface area contributed by atoms with Gasteiger partial charge in [0.25, 0.3) is 0 Å². The number of sulfonamides is 1. The molecule has 5 nitrogen and oxygen atoms in total. The predicted octanol–water partition coefficient (Wildman–Crippen LogP) is 2.08. The smallest absolute Gasteiger partial charge is 0.243 e. The standard InChI is InChI=1S/C16H24N2O3S/c1-5-14-15-13(16(3,4)21-17-15)10-18(14)22(19,20)12-8-6-11(2)7-9-12/h6-9,13-15,17H,5,10H2,1-4H3/t13-,14+,15-/m1/s1. The molecule has 0 radical (unpaired) electrons. The maximum Gasteiger partial charge on any atom is 0.243 e. The average molecular weight is 324 g/mol. The van der Waals surface area contributed by atoms with Crippen molar-refractivity contribution in [1.82, 2.24) is 9.79 Å². The molecule has 3 atom stereocenters. The Labute approximate surface area is 132 Å². The SMILES string of the molecule is CC[C@H]1[C@@H]2NOC(C)(C)[C@@H]2CN1S(=O)(=O)c1ccc(C)cc1. The molecule has 1 aromatic rings. The van der Waals surface area contributed by atoms with Gasteiger partial charge in [-0.3, -0.25) is 4.84 Å². The van der Waals surface area contributed by atoms with E-state index in [-0.39, 0.29) is 23.6 Å². The summed E-state index contributed by atoms with van der Waals surface area (Å²) in [5, 5.41) is 0. The van der Waals surface area contributed by atoms with Crippen molar-refractivity contribution in [2.24, 2.45) is 5.92 Å². The van der Waals surface area contributed by atoms with Crippen molar-refractivity contribution in [3.63, 3.8) is 0 Å². The third-order valence-electron chi connectivity index (χ3n) is 4.99. The molecule has 0 unspecified atom stereocenters. The highest BCUT2D eigenvalue weighted by atomic mass is 32.2. The molecule has 2 heterocycles. The largest absolute Gasteiger partial charge is 0.295 e. The van der Waals surface area contributed by atoms with Gasteiger partial charge in [0.05, 0.1) is 16.5 Å².